The number of carbonyl (C=O) groups excluding carboxylic acids is 1. The quantitative estimate of drug-likeness (QED) is 0.679. The van der Waals surface area contributed by atoms with Gasteiger partial charge in [0.05, 0.1) is 0 Å². The molecule has 3 aromatic rings. The van der Waals surface area contributed by atoms with Crippen LogP contribution in [0.5, 0.6) is 0 Å². The fourth-order valence-electron chi connectivity index (χ4n) is 4.30. The van der Waals surface area contributed by atoms with Crippen LogP contribution in [0.3, 0.4) is 0 Å². The highest BCUT2D eigenvalue weighted by Crippen LogP contribution is 2.45. The molecule has 1 amide bonds. The Labute approximate surface area is 161 Å². The second-order valence-corrected chi connectivity index (χ2v) is 7.59. The second kappa shape index (κ2) is 7.07. The fourth-order valence-corrected chi connectivity index (χ4v) is 4.30. The molecule has 27 heavy (non-hydrogen) atoms. The molecule has 0 saturated heterocycles. The first-order chi connectivity index (χ1) is 13.1. The zero-order chi connectivity index (χ0) is 19.0. The van der Waals surface area contributed by atoms with E-state index in [0.717, 1.165) is 24.1 Å². The van der Waals surface area contributed by atoms with Crippen LogP contribution in [0.4, 0.5) is 11.4 Å². The number of carbonyl (C=O) groups is 1. The van der Waals surface area contributed by atoms with Crippen LogP contribution in [-0.4, -0.2) is 20.0 Å². The lowest BCUT2D eigenvalue weighted by atomic mass is 9.83. The summed E-state index contributed by atoms with van der Waals surface area (Å²) in [7, 11) is 4.19. The predicted octanol–water partition coefficient (Wildman–Crippen LogP) is 5.41. The molecule has 0 fully saturated rings. The number of fused-ring (bicyclic) bond motifs is 2. The van der Waals surface area contributed by atoms with E-state index in [0.29, 0.717) is 0 Å². The fraction of sp³-hybridized carbons (Fsp3) is 0.292. The van der Waals surface area contributed by atoms with E-state index in [9.17, 15) is 4.79 Å². The Morgan fingerprint density at radius 3 is 2.48 bits per heavy atom. The minimum atomic E-state index is -0.0391. The molecule has 0 atom stereocenters. The maximum Gasteiger partial charge on any atom is 0.221 e. The standard InChI is InChI=1S/C24H26N2O/c1-16(27)25-21-14-12-17-8-4-6-10-19(17)23(21)24-20-11-7-5-9-18(20)13-15-22(24)26(2)3/h4,6,8,10,12-15H,5,7,9,11H2,1-3H3,(H,25,27). The molecule has 138 valence electrons. The van der Waals surface area contributed by atoms with E-state index in [2.05, 4.69) is 66.8 Å². The van der Waals surface area contributed by atoms with E-state index >= 15 is 0 Å². The molecule has 1 N–H and O–H groups in total. The molecule has 0 spiro atoms. The molecular formula is C24H26N2O. The normalized spacial score (nSPS) is 13.3. The van der Waals surface area contributed by atoms with Crippen LogP contribution in [0.2, 0.25) is 0 Å². The third-order valence-electron chi connectivity index (χ3n) is 5.48. The van der Waals surface area contributed by atoms with E-state index in [1.807, 2.05) is 6.07 Å². The molecule has 1 aliphatic carbocycles. The minimum absolute atomic E-state index is 0.0391. The summed E-state index contributed by atoms with van der Waals surface area (Å²) >= 11 is 0. The van der Waals surface area contributed by atoms with E-state index in [1.54, 1.807) is 6.92 Å². The lowest BCUT2D eigenvalue weighted by Gasteiger charge is -2.27. The topological polar surface area (TPSA) is 32.3 Å². The van der Waals surface area contributed by atoms with Gasteiger partial charge in [0.15, 0.2) is 0 Å². The molecular weight excluding hydrogens is 332 g/mol. The van der Waals surface area contributed by atoms with Crippen molar-refractivity contribution < 1.29 is 4.79 Å². The Balaban J connectivity index is 2.11. The van der Waals surface area contributed by atoms with Gasteiger partial charge < -0.3 is 10.2 Å². The van der Waals surface area contributed by atoms with Crippen molar-refractivity contribution in [2.24, 2.45) is 0 Å². The second-order valence-electron chi connectivity index (χ2n) is 7.59. The van der Waals surface area contributed by atoms with Gasteiger partial charge in [0.25, 0.3) is 0 Å². The van der Waals surface area contributed by atoms with Gasteiger partial charge in [0, 0.05) is 43.5 Å². The SMILES string of the molecule is CC(=O)Nc1ccc2ccccc2c1-c1c(N(C)C)ccc2c1CCCC2. The molecule has 0 heterocycles. The van der Waals surface area contributed by atoms with E-state index in [1.165, 1.54) is 46.0 Å². The van der Waals surface area contributed by atoms with Crippen LogP contribution < -0.4 is 10.2 Å². The van der Waals surface area contributed by atoms with Crippen molar-refractivity contribution >= 4 is 28.1 Å². The molecule has 0 aliphatic heterocycles. The average molecular weight is 358 g/mol. The molecule has 3 nitrogen and oxygen atoms in total. The van der Waals surface area contributed by atoms with Crippen molar-refractivity contribution in [1.82, 2.24) is 0 Å². The third-order valence-corrected chi connectivity index (χ3v) is 5.48. The van der Waals surface area contributed by atoms with Gasteiger partial charge in [0.2, 0.25) is 5.91 Å². The molecule has 0 unspecified atom stereocenters. The summed E-state index contributed by atoms with van der Waals surface area (Å²) in [5, 5.41) is 5.46. The first kappa shape index (κ1) is 17.6. The van der Waals surface area contributed by atoms with E-state index in [4.69, 9.17) is 0 Å². The van der Waals surface area contributed by atoms with Crippen LogP contribution in [0, 0.1) is 0 Å². The zero-order valence-corrected chi connectivity index (χ0v) is 16.3. The Morgan fingerprint density at radius 1 is 0.926 bits per heavy atom. The summed E-state index contributed by atoms with van der Waals surface area (Å²) in [6.45, 7) is 1.58. The van der Waals surface area contributed by atoms with Crippen molar-refractivity contribution in [1.29, 1.82) is 0 Å². The molecule has 0 aromatic heterocycles. The summed E-state index contributed by atoms with van der Waals surface area (Å²) in [5.41, 5.74) is 7.41. The van der Waals surface area contributed by atoms with Gasteiger partial charge in [-0.2, -0.15) is 0 Å². The average Bonchev–Trinajstić information content (AvgIpc) is 2.66. The highest BCUT2D eigenvalue weighted by Gasteiger charge is 2.22. The van der Waals surface area contributed by atoms with Gasteiger partial charge in [-0.05, 0) is 59.7 Å². The number of rotatable bonds is 3. The van der Waals surface area contributed by atoms with Crippen molar-refractivity contribution in [2.45, 2.75) is 32.6 Å². The maximum atomic E-state index is 11.9. The van der Waals surface area contributed by atoms with Crippen LogP contribution in [0.15, 0.2) is 48.5 Å². The van der Waals surface area contributed by atoms with Crippen molar-refractivity contribution in [2.75, 3.05) is 24.3 Å². The van der Waals surface area contributed by atoms with Gasteiger partial charge in [0.1, 0.15) is 0 Å². The number of nitrogens with one attached hydrogen (secondary N) is 1. The highest BCUT2D eigenvalue weighted by molar-refractivity contribution is 6.09. The number of hydrogen-bond donors (Lipinski definition) is 1. The molecule has 1 aliphatic rings. The van der Waals surface area contributed by atoms with Gasteiger partial charge >= 0.3 is 0 Å². The molecule has 0 radical (unpaired) electrons. The zero-order valence-electron chi connectivity index (χ0n) is 16.3. The summed E-state index contributed by atoms with van der Waals surface area (Å²) < 4.78 is 0. The van der Waals surface area contributed by atoms with Crippen molar-refractivity contribution in [3.8, 4) is 11.1 Å². The Kier molecular flexibility index (Phi) is 4.61. The first-order valence-electron chi connectivity index (χ1n) is 9.68. The summed E-state index contributed by atoms with van der Waals surface area (Å²) in [5.74, 6) is -0.0391. The summed E-state index contributed by atoms with van der Waals surface area (Å²) in [6.07, 6.45) is 4.70. The van der Waals surface area contributed by atoms with Crippen LogP contribution in [0.1, 0.15) is 30.9 Å². The van der Waals surface area contributed by atoms with Gasteiger partial charge in [-0.1, -0.05) is 36.4 Å². The molecule has 0 bridgehead atoms. The van der Waals surface area contributed by atoms with Crippen LogP contribution in [0.25, 0.3) is 21.9 Å². The molecule has 0 saturated carbocycles. The van der Waals surface area contributed by atoms with Crippen molar-refractivity contribution in [3.63, 3.8) is 0 Å². The Hall–Kier alpha value is -2.81. The summed E-state index contributed by atoms with van der Waals surface area (Å²) in [4.78, 5) is 14.1. The Bertz CT molecular complexity index is 1020. The number of benzene rings is 3. The highest BCUT2D eigenvalue weighted by atomic mass is 16.1. The number of aryl methyl sites for hydroxylation is 1. The monoisotopic (exact) mass is 358 g/mol. The third kappa shape index (κ3) is 3.18. The van der Waals surface area contributed by atoms with Crippen LogP contribution in [-0.2, 0) is 17.6 Å². The van der Waals surface area contributed by atoms with Crippen LogP contribution >= 0.6 is 0 Å². The number of anilines is 2. The van der Waals surface area contributed by atoms with E-state index < -0.39 is 0 Å². The smallest absolute Gasteiger partial charge is 0.221 e. The summed E-state index contributed by atoms with van der Waals surface area (Å²) in [6, 6.07) is 17.1. The number of amides is 1. The first-order valence-corrected chi connectivity index (χ1v) is 9.68. The molecule has 3 aromatic carbocycles. The maximum absolute atomic E-state index is 11.9. The van der Waals surface area contributed by atoms with Gasteiger partial charge in [-0.25, -0.2) is 0 Å². The lowest BCUT2D eigenvalue weighted by Crippen LogP contribution is -2.15. The van der Waals surface area contributed by atoms with E-state index in [-0.39, 0.29) is 5.91 Å². The van der Waals surface area contributed by atoms with Crippen molar-refractivity contribution in [3.05, 3.63) is 59.7 Å². The number of hydrogen-bond acceptors (Lipinski definition) is 2. The van der Waals surface area contributed by atoms with Gasteiger partial charge in [-0.15, -0.1) is 0 Å². The lowest BCUT2D eigenvalue weighted by molar-refractivity contribution is -0.114. The minimum Gasteiger partial charge on any atom is -0.377 e. The molecule has 3 heteroatoms. The molecule has 4 rings (SSSR count). The predicted molar refractivity (Wildman–Crippen MR) is 115 cm³/mol. The largest absolute Gasteiger partial charge is 0.377 e. The van der Waals surface area contributed by atoms with Gasteiger partial charge in [-0.3, -0.25) is 4.79 Å². The number of nitrogens with zero attached hydrogens (tertiary/aromatic N) is 1. The Morgan fingerprint density at radius 2 is 1.70 bits per heavy atom.